The van der Waals surface area contributed by atoms with Crippen LogP contribution in [0, 0.1) is 12.7 Å². The lowest BCUT2D eigenvalue weighted by atomic mass is 9.97. The second-order valence-electron chi connectivity index (χ2n) is 9.49. The molecule has 0 saturated heterocycles. The van der Waals surface area contributed by atoms with Gasteiger partial charge in [-0.05, 0) is 54.1 Å². The average molecular weight is 562 g/mol. The SMILES string of the molecule is Cc1cccc2c1N(Cc1ccccn1)C(=O)C(NC(=O)Nc1cccc(-c3nn[nH]n3)c1)N=C2c1ccccc1F. The number of H-pyrrole nitrogens is 1. The molecular formula is C30H24FN9O2. The number of aromatic nitrogens is 5. The minimum Gasteiger partial charge on any atom is -0.308 e. The number of pyridine rings is 1. The van der Waals surface area contributed by atoms with Crippen LogP contribution in [0.25, 0.3) is 11.4 Å². The van der Waals surface area contributed by atoms with Crippen molar-refractivity contribution in [3.8, 4) is 11.4 Å². The molecule has 208 valence electrons. The maximum atomic E-state index is 15.2. The first-order valence-corrected chi connectivity index (χ1v) is 13.0. The summed E-state index contributed by atoms with van der Waals surface area (Å²) in [6.07, 6.45) is 0.263. The van der Waals surface area contributed by atoms with Crippen LogP contribution in [0.1, 0.15) is 22.4 Å². The molecule has 0 spiro atoms. The van der Waals surface area contributed by atoms with Crippen molar-refractivity contribution < 1.29 is 14.0 Å². The van der Waals surface area contributed by atoms with Crippen LogP contribution in [0.2, 0.25) is 0 Å². The third kappa shape index (κ3) is 5.32. The number of aliphatic imine (C=N–C) groups is 1. The highest BCUT2D eigenvalue weighted by Gasteiger charge is 2.35. The zero-order chi connectivity index (χ0) is 29.1. The zero-order valence-corrected chi connectivity index (χ0v) is 22.3. The third-order valence-corrected chi connectivity index (χ3v) is 6.69. The summed E-state index contributed by atoms with van der Waals surface area (Å²) in [6, 6.07) is 23.3. The summed E-state index contributed by atoms with van der Waals surface area (Å²) in [7, 11) is 0. The molecule has 1 aliphatic heterocycles. The second kappa shape index (κ2) is 11.4. The number of rotatable bonds is 6. The summed E-state index contributed by atoms with van der Waals surface area (Å²) in [5.41, 5.74) is 4.04. The number of urea groups is 1. The van der Waals surface area contributed by atoms with E-state index in [1.807, 2.05) is 25.1 Å². The van der Waals surface area contributed by atoms with Crippen LogP contribution in [-0.2, 0) is 11.3 Å². The number of amides is 3. The molecule has 42 heavy (non-hydrogen) atoms. The van der Waals surface area contributed by atoms with Gasteiger partial charge in [-0.2, -0.15) is 5.21 Å². The number of aryl methyl sites for hydroxylation is 1. The Morgan fingerprint density at radius 2 is 1.81 bits per heavy atom. The number of carbonyl (C=O) groups is 2. The Bertz CT molecular complexity index is 1790. The Morgan fingerprint density at radius 1 is 1.00 bits per heavy atom. The van der Waals surface area contributed by atoms with Gasteiger partial charge in [-0.3, -0.25) is 9.78 Å². The number of benzodiazepines with no additional fused rings is 1. The van der Waals surface area contributed by atoms with Gasteiger partial charge in [0.25, 0.3) is 5.91 Å². The van der Waals surface area contributed by atoms with E-state index in [4.69, 9.17) is 0 Å². The van der Waals surface area contributed by atoms with Crippen molar-refractivity contribution in [3.05, 3.63) is 119 Å². The van der Waals surface area contributed by atoms with Crippen LogP contribution >= 0.6 is 0 Å². The van der Waals surface area contributed by atoms with Gasteiger partial charge in [0.15, 0.2) is 0 Å². The molecule has 3 amide bonds. The van der Waals surface area contributed by atoms with E-state index in [1.54, 1.807) is 66.9 Å². The summed E-state index contributed by atoms with van der Waals surface area (Å²) in [4.78, 5) is 38.0. The summed E-state index contributed by atoms with van der Waals surface area (Å²) in [5.74, 6) is -0.649. The number of tetrazole rings is 1. The Balaban J connectivity index is 1.39. The Kier molecular flexibility index (Phi) is 7.16. The predicted molar refractivity (Wildman–Crippen MR) is 154 cm³/mol. The predicted octanol–water partition coefficient (Wildman–Crippen LogP) is 4.24. The van der Waals surface area contributed by atoms with E-state index in [0.717, 1.165) is 5.56 Å². The lowest BCUT2D eigenvalue weighted by Gasteiger charge is -2.26. The maximum Gasteiger partial charge on any atom is 0.321 e. The number of hydrogen-bond acceptors (Lipinski definition) is 7. The largest absolute Gasteiger partial charge is 0.321 e. The van der Waals surface area contributed by atoms with E-state index < -0.39 is 23.9 Å². The Hall–Kier alpha value is -5.78. The number of benzene rings is 3. The molecule has 12 heteroatoms. The molecule has 0 aliphatic carbocycles. The van der Waals surface area contributed by atoms with Crippen molar-refractivity contribution in [2.75, 3.05) is 10.2 Å². The summed E-state index contributed by atoms with van der Waals surface area (Å²) >= 11 is 0. The molecule has 3 aromatic carbocycles. The van der Waals surface area contributed by atoms with E-state index in [0.29, 0.717) is 34.0 Å². The van der Waals surface area contributed by atoms with Gasteiger partial charge < -0.3 is 15.5 Å². The maximum absolute atomic E-state index is 15.2. The molecule has 0 radical (unpaired) electrons. The quantitative estimate of drug-likeness (QED) is 0.283. The molecule has 1 aliphatic rings. The Morgan fingerprint density at radius 3 is 2.60 bits per heavy atom. The van der Waals surface area contributed by atoms with Crippen molar-refractivity contribution in [3.63, 3.8) is 0 Å². The number of fused-ring (bicyclic) bond motifs is 1. The normalized spacial score (nSPS) is 14.5. The van der Waals surface area contributed by atoms with E-state index >= 15 is 4.39 Å². The topological polar surface area (TPSA) is 141 Å². The number of anilines is 2. The summed E-state index contributed by atoms with van der Waals surface area (Å²) in [6.45, 7) is 1.98. The molecule has 1 atom stereocenters. The first-order chi connectivity index (χ1) is 20.5. The van der Waals surface area contributed by atoms with Crippen LogP contribution in [0.5, 0.6) is 0 Å². The third-order valence-electron chi connectivity index (χ3n) is 6.69. The van der Waals surface area contributed by atoms with Gasteiger partial charge in [0.1, 0.15) is 5.82 Å². The fourth-order valence-electron chi connectivity index (χ4n) is 4.80. The molecule has 3 N–H and O–H groups in total. The highest BCUT2D eigenvalue weighted by atomic mass is 19.1. The van der Waals surface area contributed by atoms with Crippen molar-refractivity contribution >= 4 is 29.0 Å². The van der Waals surface area contributed by atoms with Gasteiger partial charge in [0.05, 0.1) is 23.6 Å². The first-order valence-electron chi connectivity index (χ1n) is 13.0. The summed E-state index contributed by atoms with van der Waals surface area (Å²) < 4.78 is 15.2. The number of hydrogen-bond donors (Lipinski definition) is 3. The Labute approximate surface area is 239 Å². The van der Waals surface area contributed by atoms with E-state index in [9.17, 15) is 9.59 Å². The minimum absolute atomic E-state index is 0.115. The molecule has 11 nitrogen and oxygen atoms in total. The molecule has 0 saturated carbocycles. The lowest BCUT2D eigenvalue weighted by molar-refractivity contribution is -0.120. The lowest BCUT2D eigenvalue weighted by Crippen LogP contribution is -2.48. The van der Waals surface area contributed by atoms with Crippen molar-refractivity contribution in [2.45, 2.75) is 19.6 Å². The van der Waals surface area contributed by atoms with Gasteiger partial charge >= 0.3 is 6.03 Å². The van der Waals surface area contributed by atoms with Crippen molar-refractivity contribution in [1.82, 2.24) is 30.9 Å². The highest BCUT2D eigenvalue weighted by molar-refractivity contribution is 6.21. The number of nitrogens with zero attached hydrogens (tertiary/aromatic N) is 6. The number of halogens is 1. The smallest absolute Gasteiger partial charge is 0.308 e. The van der Waals surface area contributed by atoms with Crippen LogP contribution < -0.4 is 15.5 Å². The molecular weight excluding hydrogens is 537 g/mol. The monoisotopic (exact) mass is 561 g/mol. The number of para-hydroxylation sites is 1. The van der Waals surface area contributed by atoms with Crippen molar-refractivity contribution in [2.24, 2.45) is 4.99 Å². The van der Waals surface area contributed by atoms with E-state index in [-0.39, 0.29) is 17.8 Å². The zero-order valence-electron chi connectivity index (χ0n) is 22.3. The number of nitrogens with one attached hydrogen (secondary N) is 3. The van der Waals surface area contributed by atoms with E-state index in [1.165, 1.54) is 11.0 Å². The van der Waals surface area contributed by atoms with Gasteiger partial charge in [-0.1, -0.05) is 48.5 Å². The second-order valence-corrected chi connectivity index (χ2v) is 9.49. The first kappa shape index (κ1) is 26.4. The van der Waals surface area contributed by atoms with Crippen LogP contribution in [0.15, 0.2) is 96.1 Å². The summed E-state index contributed by atoms with van der Waals surface area (Å²) in [5, 5.41) is 19.3. The number of aromatic amines is 1. The molecule has 2 aromatic heterocycles. The van der Waals surface area contributed by atoms with Gasteiger partial charge in [-0.15, -0.1) is 10.2 Å². The highest BCUT2D eigenvalue weighted by Crippen LogP contribution is 2.33. The van der Waals surface area contributed by atoms with Crippen LogP contribution in [-0.4, -0.2) is 49.4 Å². The average Bonchev–Trinajstić information content (AvgIpc) is 3.51. The molecule has 0 bridgehead atoms. The molecule has 6 rings (SSSR count). The van der Waals surface area contributed by atoms with Crippen LogP contribution in [0.3, 0.4) is 0 Å². The minimum atomic E-state index is -1.38. The molecule has 3 heterocycles. The van der Waals surface area contributed by atoms with E-state index in [2.05, 4.69) is 41.2 Å². The molecule has 0 fully saturated rings. The van der Waals surface area contributed by atoms with Crippen LogP contribution in [0.4, 0.5) is 20.6 Å². The van der Waals surface area contributed by atoms with Crippen molar-refractivity contribution in [1.29, 1.82) is 0 Å². The molecule has 1 unspecified atom stereocenters. The van der Waals surface area contributed by atoms with Gasteiger partial charge in [0.2, 0.25) is 12.0 Å². The fraction of sp³-hybridized carbons (Fsp3) is 0.100. The van der Waals surface area contributed by atoms with Gasteiger partial charge in [0, 0.05) is 28.6 Å². The standard InChI is InChI=1S/C30H24FN9O2/c1-18-8-6-13-23-25(22-12-2-3-14-24(22)31)34-28(29(41)40(26(18)23)17-21-10-4-5-15-32-21)35-30(42)33-20-11-7-9-19(16-20)27-36-38-39-37-27/h2-16,28H,17H2,1H3,(H2,33,35,42)(H,36,37,38,39). The molecule has 5 aromatic rings. The fourth-order valence-corrected chi connectivity index (χ4v) is 4.80. The number of carbonyl (C=O) groups excluding carboxylic acids is 2. The van der Waals surface area contributed by atoms with Gasteiger partial charge in [-0.25, -0.2) is 14.2 Å².